The molecule has 2 aliphatic rings. The van der Waals surface area contributed by atoms with Crippen molar-refractivity contribution in [3.63, 3.8) is 0 Å². The lowest BCUT2D eigenvalue weighted by atomic mass is 10.0. The summed E-state index contributed by atoms with van der Waals surface area (Å²) in [5.41, 5.74) is 1.57. The van der Waals surface area contributed by atoms with Gasteiger partial charge in [-0.15, -0.1) is 0 Å². The van der Waals surface area contributed by atoms with E-state index in [0.717, 1.165) is 0 Å². The van der Waals surface area contributed by atoms with Crippen molar-refractivity contribution >= 4 is 45.8 Å². The van der Waals surface area contributed by atoms with Gasteiger partial charge in [0.2, 0.25) is 5.91 Å². The third-order valence-corrected chi connectivity index (χ3v) is 6.41. The van der Waals surface area contributed by atoms with Crippen LogP contribution in [-0.4, -0.2) is 58.2 Å². The molecule has 9 heteroatoms. The fourth-order valence-corrected chi connectivity index (χ4v) is 4.82. The molecular weight excluding hydrogens is 439 g/mol. The molecule has 0 saturated carbocycles. The van der Waals surface area contributed by atoms with Gasteiger partial charge in [-0.3, -0.25) is 4.79 Å². The standard InChI is InChI=1S/C22H18Cl2N4O3/c1-2-17(30)27-6-7-28-12(9-27)10-31-21-19-15(25-11-26-22(19)28)8-13(20(21)24)18-14(23)4-3-5-16(18)29/h2-5,8,11-12,29H,1,6-7,9-10H2/t12-/m0/s1. The summed E-state index contributed by atoms with van der Waals surface area (Å²) in [7, 11) is 0. The molecule has 1 amide bonds. The largest absolute Gasteiger partial charge is 0.507 e. The lowest BCUT2D eigenvalue weighted by Gasteiger charge is -2.40. The Hall–Kier alpha value is -3.03. The Morgan fingerprint density at radius 2 is 2.13 bits per heavy atom. The number of amides is 1. The number of phenols is 1. The summed E-state index contributed by atoms with van der Waals surface area (Å²) in [6.07, 6.45) is 2.82. The third kappa shape index (κ3) is 3.16. The fraction of sp³-hybridized carbons (Fsp3) is 0.227. The van der Waals surface area contributed by atoms with Crippen molar-refractivity contribution in [2.45, 2.75) is 6.04 Å². The van der Waals surface area contributed by atoms with E-state index >= 15 is 0 Å². The number of carbonyl (C=O) groups is 1. The zero-order valence-electron chi connectivity index (χ0n) is 16.4. The molecule has 0 radical (unpaired) electrons. The van der Waals surface area contributed by atoms with Crippen molar-refractivity contribution in [2.75, 3.05) is 31.1 Å². The highest BCUT2D eigenvalue weighted by molar-refractivity contribution is 6.39. The molecule has 0 aliphatic carbocycles. The first-order valence-electron chi connectivity index (χ1n) is 9.75. The van der Waals surface area contributed by atoms with Crippen LogP contribution >= 0.6 is 23.2 Å². The number of fused-ring (bicyclic) bond motifs is 2. The van der Waals surface area contributed by atoms with Crippen LogP contribution in [0.4, 0.5) is 5.82 Å². The molecule has 31 heavy (non-hydrogen) atoms. The number of halogens is 2. The molecule has 7 nitrogen and oxygen atoms in total. The van der Waals surface area contributed by atoms with E-state index in [4.69, 9.17) is 27.9 Å². The summed E-state index contributed by atoms with van der Waals surface area (Å²) in [6.45, 7) is 5.53. The molecule has 0 spiro atoms. The maximum Gasteiger partial charge on any atom is 0.246 e. The highest BCUT2D eigenvalue weighted by Crippen LogP contribution is 2.48. The smallest absolute Gasteiger partial charge is 0.246 e. The molecule has 2 aromatic carbocycles. The number of anilines is 1. The summed E-state index contributed by atoms with van der Waals surface area (Å²) in [6, 6.07) is 6.59. The van der Waals surface area contributed by atoms with Crippen LogP contribution in [-0.2, 0) is 4.79 Å². The van der Waals surface area contributed by atoms with E-state index in [0.29, 0.717) is 69.9 Å². The third-order valence-electron chi connectivity index (χ3n) is 5.72. The Labute approximate surface area is 188 Å². The number of phenolic OH excluding ortho intramolecular Hbond substituents is 1. The molecule has 1 atom stereocenters. The normalized spacial score (nSPS) is 17.7. The minimum atomic E-state index is -0.108. The van der Waals surface area contributed by atoms with Crippen LogP contribution in [0.15, 0.2) is 43.2 Å². The monoisotopic (exact) mass is 456 g/mol. The van der Waals surface area contributed by atoms with Crippen molar-refractivity contribution in [2.24, 2.45) is 0 Å². The maximum absolute atomic E-state index is 12.1. The van der Waals surface area contributed by atoms with E-state index in [2.05, 4.69) is 21.4 Å². The maximum atomic E-state index is 12.1. The van der Waals surface area contributed by atoms with Crippen LogP contribution in [0.25, 0.3) is 22.0 Å². The lowest BCUT2D eigenvalue weighted by molar-refractivity contribution is -0.126. The van der Waals surface area contributed by atoms with E-state index in [1.54, 1.807) is 29.2 Å². The highest BCUT2D eigenvalue weighted by atomic mass is 35.5. The topological polar surface area (TPSA) is 78.8 Å². The number of rotatable bonds is 2. The molecule has 1 saturated heterocycles. The molecule has 1 aromatic heterocycles. The summed E-state index contributed by atoms with van der Waals surface area (Å²) in [5.74, 6) is 1.06. The van der Waals surface area contributed by atoms with E-state index in [1.807, 2.05) is 0 Å². The number of ether oxygens (including phenoxy) is 1. The van der Waals surface area contributed by atoms with Gasteiger partial charge >= 0.3 is 0 Å². The molecule has 2 aliphatic heterocycles. The van der Waals surface area contributed by atoms with Crippen LogP contribution in [0.2, 0.25) is 10.0 Å². The number of benzene rings is 2. The van der Waals surface area contributed by atoms with Crippen molar-refractivity contribution in [1.82, 2.24) is 14.9 Å². The number of hydrogen-bond donors (Lipinski definition) is 1. The van der Waals surface area contributed by atoms with E-state index in [9.17, 15) is 9.90 Å². The molecule has 0 unspecified atom stereocenters. The predicted octanol–water partition coefficient (Wildman–Crippen LogP) is 3.90. The van der Waals surface area contributed by atoms with Crippen molar-refractivity contribution in [3.8, 4) is 22.6 Å². The Kier molecular flexibility index (Phi) is 4.87. The minimum absolute atomic E-state index is 0.0138. The van der Waals surface area contributed by atoms with Crippen LogP contribution in [0.3, 0.4) is 0 Å². The summed E-state index contributed by atoms with van der Waals surface area (Å²) in [4.78, 5) is 25.0. The number of carbonyl (C=O) groups excluding carboxylic acids is 1. The molecule has 0 bridgehead atoms. The highest BCUT2D eigenvalue weighted by Gasteiger charge is 2.35. The van der Waals surface area contributed by atoms with Crippen molar-refractivity contribution < 1.29 is 14.6 Å². The van der Waals surface area contributed by atoms with Gasteiger partial charge in [-0.1, -0.05) is 35.8 Å². The Balaban J connectivity index is 1.67. The Morgan fingerprint density at radius 3 is 2.90 bits per heavy atom. The number of aromatic nitrogens is 2. The zero-order chi connectivity index (χ0) is 21.7. The van der Waals surface area contributed by atoms with Crippen LogP contribution in [0.5, 0.6) is 11.5 Å². The summed E-state index contributed by atoms with van der Waals surface area (Å²) < 4.78 is 6.18. The van der Waals surface area contributed by atoms with Gasteiger partial charge in [-0.05, 0) is 24.3 Å². The van der Waals surface area contributed by atoms with Gasteiger partial charge in [0.25, 0.3) is 0 Å². The molecule has 1 N–H and O–H groups in total. The Bertz CT molecular complexity index is 1210. The summed E-state index contributed by atoms with van der Waals surface area (Å²) in [5, 5.41) is 11.8. The van der Waals surface area contributed by atoms with Gasteiger partial charge in [0.15, 0.2) is 5.75 Å². The first kappa shape index (κ1) is 19.9. The number of nitrogens with zero attached hydrogens (tertiary/aromatic N) is 4. The van der Waals surface area contributed by atoms with Gasteiger partial charge in [0.05, 0.1) is 27.0 Å². The number of aromatic hydroxyl groups is 1. The van der Waals surface area contributed by atoms with E-state index < -0.39 is 0 Å². The van der Waals surface area contributed by atoms with Gasteiger partial charge < -0.3 is 19.6 Å². The lowest BCUT2D eigenvalue weighted by Crippen LogP contribution is -2.56. The first-order valence-corrected chi connectivity index (χ1v) is 10.5. The van der Waals surface area contributed by atoms with Gasteiger partial charge in [0.1, 0.15) is 24.5 Å². The SMILES string of the molecule is C=CC(=O)N1CCN2c3ncnc4cc(-c5c(O)cccc5Cl)c(Cl)c(c34)OC[C@@H]2C1. The molecule has 3 aromatic rings. The van der Waals surface area contributed by atoms with Gasteiger partial charge in [-0.25, -0.2) is 9.97 Å². The molecule has 3 heterocycles. The quantitative estimate of drug-likeness (QED) is 0.589. The van der Waals surface area contributed by atoms with Crippen LogP contribution in [0, 0.1) is 0 Å². The van der Waals surface area contributed by atoms with Crippen LogP contribution < -0.4 is 9.64 Å². The number of hydrogen-bond acceptors (Lipinski definition) is 6. The number of piperazine rings is 1. The molecule has 158 valence electrons. The van der Waals surface area contributed by atoms with Crippen molar-refractivity contribution in [1.29, 1.82) is 0 Å². The second-order valence-electron chi connectivity index (χ2n) is 7.44. The predicted molar refractivity (Wildman–Crippen MR) is 120 cm³/mol. The molecule has 5 rings (SSSR count). The van der Waals surface area contributed by atoms with E-state index in [1.165, 1.54) is 12.4 Å². The second kappa shape index (κ2) is 7.59. The van der Waals surface area contributed by atoms with Gasteiger partial charge in [-0.2, -0.15) is 0 Å². The minimum Gasteiger partial charge on any atom is -0.507 e. The molecular formula is C22H18Cl2N4O3. The molecule has 1 fully saturated rings. The second-order valence-corrected chi connectivity index (χ2v) is 8.22. The Morgan fingerprint density at radius 1 is 1.29 bits per heavy atom. The van der Waals surface area contributed by atoms with E-state index in [-0.39, 0.29) is 17.7 Å². The fourth-order valence-electron chi connectivity index (χ4n) is 4.25. The van der Waals surface area contributed by atoms with Crippen molar-refractivity contribution in [3.05, 3.63) is 53.3 Å². The zero-order valence-corrected chi connectivity index (χ0v) is 17.9. The average Bonchev–Trinajstić information content (AvgIpc) is 2.94. The average molecular weight is 457 g/mol. The van der Waals surface area contributed by atoms with Gasteiger partial charge in [0, 0.05) is 30.8 Å². The van der Waals surface area contributed by atoms with Crippen LogP contribution in [0.1, 0.15) is 0 Å². The summed E-state index contributed by atoms with van der Waals surface area (Å²) >= 11 is 13.2. The first-order chi connectivity index (χ1) is 15.0.